The average Bonchev–Trinajstić information content (AvgIpc) is 2.72. The molecule has 0 saturated carbocycles. The quantitative estimate of drug-likeness (QED) is 0.555. The van der Waals surface area contributed by atoms with Gasteiger partial charge in [-0.1, -0.05) is 60.5 Å². The van der Waals surface area contributed by atoms with E-state index in [-0.39, 0.29) is 24.4 Å². The van der Waals surface area contributed by atoms with E-state index in [0.29, 0.717) is 22.9 Å². The Morgan fingerprint density at radius 1 is 0.933 bits per heavy atom. The van der Waals surface area contributed by atoms with Gasteiger partial charge in [0.15, 0.2) is 0 Å². The van der Waals surface area contributed by atoms with Crippen molar-refractivity contribution in [2.45, 2.75) is 65.6 Å². The van der Waals surface area contributed by atoms with Crippen LogP contribution in [-0.4, -0.2) is 28.8 Å². The molecule has 0 fully saturated rings. The fourth-order valence-corrected chi connectivity index (χ4v) is 3.48. The molecule has 30 heavy (non-hydrogen) atoms. The highest BCUT2D eigenvalue weighted by atomic mass is 35.5. The van der Waals surface area contributed by atoms with Crippen LogP contribution in [0.2, 0.25) is 10.0 Å². The Labute approximate surface area is 189 Å². The lowest BCUT2D eigenvalue weighted by Crippen LogP contribution is -2.49. The van der Waals surface area contributed by atoms with E-state index in [0.717, 1.165) is 17.5 Å². The number of benzene rings is 2. The Morgan fingerprint density at radius 3 is 2.10 bits per heavy atom. The van der Waals surface area contributed by atoms with E-state index in [2.05, 4.69) is 36.5 Å². The highest BCUT2D eigenvalue weighted by Crippen LogP contribution is 2.24. The number of nitrogens with zero attached hydrogens (tertiary/aromatic N) is 1. The van der Waals surface area contributed by atoms with E-state index < -0.39 is 6.04 Å². The van der Waals surface area contributed by atoms with Crippen molar-refractivity contribution in [3.8, 4) is 0 Å². The lowest BCUT2D eigenvalue weighted by Gasteiger charge is -2.29. The summed E-state index contributed by atoms with van der Waals surface area (Å²) in [6.07, 6.45) is 1.93. The predicted molar refractivity (Wildman–Crippen MR) is 124 cm³/mol. The second-order valence-electron chi connectivity index (χ2n) is 7.78. The van der Waals surface area contributed by atoms with E-state index in [1.807, 2.05) is 19.9 Å². The van der Waals surface area contributed by atoms with Crippen LogP contribution in [-0.2, 0) is 29.0 Å². The topological polar surface area (TPSA) is 49.4 Å². The van der Waals surface area contributed by atoms with Gasteiger partial charge in [0.25, 0.3) is 0 Å². The SMILES string of the molecule is CCc1ccc(CCC(=O)N(Cc2ccc(Cl)c(Cl)c2)[C@H](C)C(=O)NC(C)C)cc1. The Kier molecular flexibility index (Phi) is 9.19. The van der Waals surface area contributed by atoms with Gasteiger partial charge >= 0.3 is 0 Å². The summed E-state index contributed by atoms with van der Waals surface area (Å²) in [5, 5.41) is 3.78. The summed E-state index contributed by atoms with van der Waals surface area (Å²) in [4.78, 5) is 27.3. The second-order valence-corrected chi connectivity index (χ2v) is 8.59. The fourth-order valence-electron chi connectivity index (χ4n) is 3.16. The van der Waals surface area contributed by atoms with Crippen molar-refractivity contribution in [2.75, 3.05) is 0 Å². The first-order chi connectivity index (χ1) is 14.2. The van der Waals surface area contributed by atoms with Crippen LogP contribution in [0.25, 0.3) is 0 Å². The van der Waals surface area contributed by atoms with Gasteiger partial charge in [-0.15, -0.1) is 0 Å². The number of hydrogen-bond acceptors (Lipinski definition) is 2. The molecular formula is C24H30Cl2N2O2. The summed E-state index contributed by atoms with van der Waals surface area (Å²) in [5.74, 6) is -0.252. The Morgan fingerprint density at radius 2 is 1.53 bits per heavy atom. The minimum absolute atomic E-state index is 0.000964. The first kappa shape index (κ1) is 24.2. The fraction of sp³-hybridized carbons (Fsp3) is 0.417. The number of aryl methyl sites for hydroxylation is 2. The van der Waals surface area contributed by atoms with Gasteiger partial charge < -0.3 is 10.2 Å². The van der Waals surface area contributed by atoms with Crippen molar-refractivity contribution in [1.82, 2.24) is 10.2 Å². The average molecular weight is 449 g/mol. The summed E-state index contributed by atoms with van der Waals surface area (Å²) in [6.45, 7) is 7.95. The van der Waals surface area contributed by atoms with E-state index in [4.69, 9.17) is 23.2 Å². The number of halogens is 2. The standard InChI is InChI=1S/C24H30Cl2N2O2/c1-5-18-6-8-19(9-7-18)11-13-23(29)28(17(4)24(30)27-16(2)3)15-20-10-12-21(25)22(26)14-20/h6-10,12,14,16-17H,5,11,13,15H2,1-4H3,(H,27,30)/t17-/m1/s1. The maximum Gasteiger partial charge on any atom is 0.242 e. The van der Waals surface area contributed by atoms with Gasteiger partial charge in [-0.3, -0.25) is 9.59 Å². The molecule has 0 aliphatic heterocycles. The third-order valence-corrected chi connectivity index (χ3v) is 5.73. The van der Waals surface area contributed by atoms with Crippen molar-refractivity contribution in [3.63, 3.8) is 0 Å². The number of hydrogen-bond donors (Lipinski definition) is 1. The maximum absolute atomic E-state index is 13.1. The Bertz CT molecular complexity index is 866. The highest BCUT2D eigenvalue weighted by molar-refractivity contribution is 6.42. The van der Waals surface area contributed by atoms with Crippen LogP contribution in [0, 0.1) is 0 Å². The summed E-state index contributed by atoms with van der Waals surface area (Å²) in [5.41, 5.74) is 3.20. The molecule has 0 aromatic heterocycles. The van der Waals surface area contributed by atoms with Crippen LogP contribution >= 0.6 is 23.2 Å². The van der Waals surface area contributed by atoms with Gasteiger partial charge in [0, 0.05) is 19.0 Å². The van der Waals surface area contributed by atoms with Crippen molar-refractivity contribution in [1.29, 1.82) is 0 Å². The Balaban J connectivity index is 2.16. The molecule has 2 rings (SSSR count). The first-order valence-electron chi connectivity index (χ1n) is 10.3. The largest absolute Gasteiger partial charge is 0.352 e. The molecule has 1 atom stereocenters. The van der Waals surface area contributed by atoms with Crippen LogP contribution in [0.1, 0.15) is 50.8 Å². The van der Waals surface area contributed by atoms with Crippen LogP contribution < -0.4 is 5.32 Å². The molecule has 4 nitrogen and oxygen atoms in total. The molecular weight excluding hydrogens is 419 g/mol. The molecule has 0 spiro atoms. The zero-order valence-corrected chi connectivity index (χ0v) is 19.6. The summed E-state index contributed by atoms with van der Waals surface area (Å²) < 4.78 is 0. The van der Waals surface area contributed by atoms with Crippen molar-refractivity contribution >= 4 is 35.0 Å². The smallest absolute Gasteiger partial charge is 0.242 e. The van der Waals surface area contributed by atoms with Gasteiger partial charge in [0.05, 0.1) is 10.0 Å². The number of carbonyl (C=O) groups excluding carboxylic acids is 2. The van der Waals surface area contributed by atoms with Gasteiger partial charge in [0.2, 0.25) is 11.8 Å². The number of rotatable bonds is 9. The molecule has 2 aromatic rings. The highest BCUT2D eigenvalue weighted by Gasteiger charge is 2.26. The van der Waals surface area contributed by atoms with E-state index in [1.165, 1.54) is 5.56 Å². The minimum Gasteiger partial charge on any atom is -0.352 e. The van der Waals surface area contributed by atoms with E-state index in [1.54, 1.807) is 24.0 Å². The third-order valence-electron chi connectivity index (χ3n) is 4.99. The zero-order valence-electron chi connectivity index (χ0n) is 18.0. The lowest BCUT2D eigenvalue weighted by molar-refractivity contribution is -0.140. The molecule has 0 radical (unpaired) electrons. The predicted octanol–water partition coefficient (Wildman–Crippen LogP) is 5.43. The number of amides is 2. The summed E-state index contributed by atoms with van der Waals surface area (Å²) in [7, 11) is 0. The summed E-state index contributed by atoms with van der Waals surface area (Å²) in [6, 6.07) is 13.0. The maximum atomic E-state index is 13.1. The molecule has 0 aliphatic rings. The van der Waals surface area contributed by atoms with Crippen LogP contribution in [0.5, 0.6) is 0 Å². The molecule has 162 valence electrons. The van der Waals surface area contributed by atoms with Gasteiger partial charge in [-0.25, -0.2) is 0 Å². The minimum atomic E-state index is -0.600. The normalized spacial score (nSPS) is 12.0. The molecule has 1 N–H and O–H groups in total. The van der Waals surface area contributed by atoms with E-state index in [9.17, 15) is 9.59 Å². The van der Waals surface area contributed by atoms with Crippen molar-refractivity contribution < 1.29 is 9.59 Å². The molecule has 0 heterocycles. The Hall–Kier alpha value is -2.04. The van der Waals surface area contributed by atoms with Crippen molar-refractivity contribution in [2.24, 2.45) is 0 Å². The number of carbonyl (C=O) groups is 2. The number of nitrogens with one attached hydrogen (secondary N) is 1. The van der Waals surface area contributed by atoms with Crippen molar-refractivity contribution in [3.05, 3.63) is 69.2 Å². The summed E-state index contributed by atoms with van der Waals surface area (Å²) >= 11 is 12.2. The van der Waals surface area contributed by atoms with Gasteiger partial charge in [-0.2, -0.15) is 0 Å². The lowest BCUT2D eigenvalue weighted by atomic mass is 10.0. The molecule has 0 saturated heterocycles. The molecule has 6 heteroatoms. The third kappa shape index (κ3) is 7.03. The monoisotopic (exact) mass is 448 g/mol. The first-order valence-corrected chi connectivity index (χ1v) is 11.1. The van der Waals surface area contributed by atoms with Gasteiger partial charge in [-0.05, 0) is 62.4 Å². The molecule has 0 bridgehead atoms. The molecule has 0 unspecified atom stereocenters. The zero-order chi connectivity index (χ0) is 22.3. The van der Waals surface area contributed by atoms with E-state index >= 15 is 0 Å². The van der Waals surface area contributed by atoms with Crippen LogP contribution in [0.4, 0.5) is 0 Å². The molecule has 2 aromatic carbocycles. The second kappa shape index (κ2) is 11.4. The van der Waals surface area contributed by atoms with Crippen LogP contribution in [0.3, 0.4) is 0 Å². The molecule has 0 aliphatic carbocycles. The van der Waals surface area contributed by atoms with Gasteiger partial charge in [0.1, 0.15) is 6.04 Å². The molecule has 2 amide bonds. The van der Waals surface area contributed by atoms with Crippen LogP contribution in [0.15, 0.2) is 42.5 Å².